The molecule has 2 unspecified atom stereocenters. The Kier molecular flexibility index (Phi) is 6.24. The number of para-hydroxylation sites is 1. The number of carbonyl (C=O) groups is 1. The number of rotatable bonds is 4. The lowest BCUT2D eigenvalue weighted by Crippen LogP contribution is -2.48. The van der Waals surface area contributed by atoms with Gasteiger partial charge in [-0.2, -0.15) is 0 Å². The van der Waals surface area contributed by atoms with E-state index in [-0.39, 0.29) is 28.7 Å². The third kappa shape index (κ3) is 4.37. The van der Waals surface area contributed by atoms with Crippen molar-refractivity contribution in [2.24, 2.45) is 0 Å². The Bertz CT molecular complexity index is 1040. The first-order valence-corrected chi connectivity index (χ1v) is 11.6. The van der Waals surface area contributed by atoms with Gasteiger partial charge in [0.15, 0.2) is 0 Å². The van der Waals surface area contributed by atoms with Gasteiger partial charge in [-0.15, -0.1) is 0 Å². The maximum atomic E-state index is 13.3. The van der Waals surface area contributed by atoms with E-state index in [0.717, 1.165) is 11.1 Å². The van der Waals surface area contributed by atoms with Crippen molar-refractivity contribution in [1.29, 1.82) is 0 Å². The van der Waals surface area contributed by atoms with Crippen LogP contribution in [-0.2, 0) is 14.8 Å². The molecule has 2 aromatic carbocycles. The van der Waals surface area contributed by atoms with E-state index in [0.29, 0.717) is 29.8 Å². The molecule has 7 heteroatoms. The van der Waals surface area contributed by atoms with Gasteiger partial charge in [0, 0.05) is 13.1 Å². The molecule has 1 amide bonds. The van der Waals surface area contributed by atoms with Crippen molar-refractivity contribution in [1.82, 2.24) is 4.90 Å². The molecule has 1 aliphatic heterocycles. The highest BCUT2D eigenvalue weighted by molar-refractivity contribution is 7.92. The van der Waals surface area contributed by atoms with Crippen molar-refractivity contribution >= 4 is 21.6 Å². The number of amides is 1. The Morgan fingerprint density at radius 2 is 1.53 bits per heavy atom. The van der Waals surface area contributed by atoms with Crippen molar-refractivity contribution in [3.05, 3.63) is 58.1 Å². The number of aryl methyl sites for hydroxylation is 2. The summed E-state index contributed by atoms with van der Waals surface area (Å²) in [7, 11) is -3.87. The third-order valence-electron chi connectivity index (χ3n) is 5.67. The van der Waals surface area contributed by atoms with E-state index >= 15 is 0 Å². The van der Waals surface area contributed by atoms with Crippen LogP contribution in [0, 0.1) is 27.7 Å². The van der Waals surface area contributed by atoms with E-state index < -0.39 is 10.0 Å². The summed E-state index contributed by atoms with van der Waals surface area (Å²) in [6.45, 7) is 12.2. The maximum Gasteiger partial charge on any atom is 0.262 e. The molecule has 162 valence electrons. The Labute approximate surface area is 179 Å². The Hall–Kier alpha value is -2.38. The van der Waals surface area contributed by atoms with Gasteiger partial charge in [0.25, 0.3) is 15.9 Å². The van der Waals surface area contributed by atoms with Gasteiger partial charge in [-0.3, -0.25) is 9.52 Å². The molecular formula is C23H30N2O4S. The number of hydrogen-bond donors (Lipinski definition) is 1. The van der Waals surface area contributed by atoms with Gasteiger partial charge in [-0.05, 0) is 75.9 Å². The predicted molar refractivity (Wildman–Crippen MR) is 119 cm³/mol. The first-order valence-electron chi connectivity index (χ1n) is 10.1. The van der Waals surface area contributed by atoms with Crippen LogP contribution >= 0.6 is 0 Å². The molecule has 1 saturated heterocycles. The van der Waals surface area contributed by atoms with Crippen molar-refractivity contribution in [3.8, 4) is 0 Å². The fraction of sp³-hybridized carbons (Fsp3) is 0.435. The summed E-state index contributed by atoms with van der Waals surface area (Å²) in [6.07, 6.45) is -0.135. The van der Waals surface area contributed by atoms with Crippen LogP contribution in [0.4, 0.5) is 5.69 Å². The molecule has 0 radical (unpaired) electrons. The van der Waals surface area contributed by atoms with Crippen LogP contribution in [0.1, 0.15) is 46.5 Å². The van der Waals surface area contributed by atoms with Crippen molar-refractivity contribution < 1.29 is 17.9 Å². The van der Waals surface area contributed by atoms with Crippen LogP contribution in [0.3, 0.4) is 0 Å². The second kappa shape index (κ2) is 8.40. The Morgan fingerprint density at radius 1 is 1.00 bits per heavy atom. The van der Waals surface area contributed by atoms with Gasteiger partial charge in [-0.1, -0.05) is 18.2 Å². The van der Waals surface area contributed by atoms with E-state index in [4.69, 9.17) is 4.74 Å². The highest BCUT2D eigenvalue weighted by Crippen LogP contribution is 2.29. The van der Waals surface area contributed by atoms with Crippen LogP contribution in [0.5, 0.6) is 0 Å². The van der Waals surface area contributed by atoms with Gasteiger partial charge in [0.05, 0.1) is 28.4 Å². The normalized spacial score (nSPS) is 19.6. The molecule has 1 fully saturated rings. The zero-order valence-corrected chi connectivity index (χ0v) is 19.3. The minimum Gasteiger partial charge on any atom is -0.372 e. The number of nitrogens with zero attached hydrogens (tertiary/aromatic N) is 1. The zero-order chi connectivity index (χ0) is 22.2. The highest BCUT2D eigenvalue weighted by atomic mass is 32.2. The van der Waals surface area contributed by atoms with E-state index in [2.05, 4.69) is 4.72 Å². The molecule has 1 N–H and O–H groups in total. The second-order valence-electron chi connectivity index (χ2n) is 8.21. The number of morpholine rings is 1. The summed E-state index contributed by atoms with van der Waals surface area (Å²) in [6, 6.07) is 8.74. The van der Waals surface area contributed by atoms with Crippen molar-refractivity contribution in [2.75, 3.05) is 17.8 Å². The van der Waals surface area contributed by atoms with Crippen LogP contribution in [0.25, 0.3) is 0 Å². The number of carbonyl (C=O) groups excluding carboxylic acids is 1. The third-order valence-corrected chi connectivity index (χ3v) is 7.31. The summed E-state index contributed by atoms with van der Waals surface area (Å²) >= 11 is 0. The molecule has 1 heterocycles. The van der Waals surface area contributed by atoms with E-state index in [1.807, 2.05) is 47.6 Å². The highest BCUT2D eigenvalue weighted by Gasteiger charge is 2.29. The standard InChI is InChI=1S/C23H30N2O4S/c1-14-11-15(2)19(6)22(18(14)5)30(27,28)24-21-10-8-7-9-20(21)23(26)25-12-16(3)29-17(4)13-25/h7-11,16-17,24H,12-13H2,1-6H3. The predicted octanol–water partition coefficient (Wildman–Crippen LogP) is 3.97. The number of hydrogen-bond acceptors (Lipinski definition) is 4. The minimum absolute atomic E-state index is 0.0675. The summed E-state index contributed by atoms with van der Waals surface area (Å²) in [4.78, 5) is 15.2. The molecule has 3 rings (SSSR count). The number of anilines is 1. The Balaban J connectivity index is 1.99. The monoisotopic (exact) mass is 430 g/mol. The van der Waals surface area contributed by atoms with Crippen molar-refractivity contribution in [2.45, 2.75) is 58.6 Å². The molecule has 0 spiro atoms. The van der Waals surface area contributed by atoms with E-state index in [1.54, 1.807) is 29.2 Å². The van der Waals surface area contributed by atoms with Crippen LogP contribution in [0.2, 0.25) is 0 Å². The zero-order valence-electron chi connectivity index (χ0n) is 18.4. The van der Waals surface area contributed by atoms with E-state index in [9.17, 15) is 13.2 Å². The fourth-order valence-corrected chi connectivity index (χ4v) is 5.75. The molecule has 0 aromatic heterocycles. The molecule has 0 aliphatic carbocycles. The van der Waals surface area contributed by atoms with Gasteiger partial charge in [0.2, 0.25) is 0 Å². The quantitative estimate of drug-likeness (QED) is 0.796. The summed E-state index contributed by atoms with van der Waals surface area (Å²) in [5.41, 5.74) is 3.88. The average molecular weight is 431 g/mol. The van der Waals surface area contributed by atoms with Gasteiger partial charge < -0.3 is 9.64 Å². The largest absolute Gasteiger partial charge is 0.372 e. The van der Waals surface area contributed by atoms with Gasteiger partial charge in [-0.25, -0.2) is 8.42 Å². The lowest BCUT2D eigenvalue weighted by Gasteiger charge is -2.35. The Morgan fingerprint density at radius 3 is 2.10 bits per heavy atom. The lowest BCUT2D eigenvalue weighted by atomic mass is 10.0. The summed E-state index contributed by atoms with van der Waals surface area (Å²) in [5, 5.41) is 0. The SMILES string of the molecule is Cc1cc(C)c(C)c(S(=O)(=O)Nc2ccccc2C(=O)N2CC(C)OC(C)C2)c1C. The molecule has 2 aromatic rings. The van der Waals surface area contributed by atoms with Crippen LogP contribution < -0.4 is 4.72 Å². The number of nitrogens with one attached hydrogen (secondary N) is 1. The van der Waals surface area contributed by atoms with Crippen LogP contribution in [0.15, 0.2) is 35.2 Å². The fourth-order valence-electron chi connectivity index (χ4n) is 4.05. The first-order chi connectivity index (χ1) is 14.0. The summed E-state index contributed by atoms with van der Waals surface area (Å²) < 4.78 is 35.1. The molecule has 0 saturated carbocycles. The molecule has 1 aliphatic rings. The molecule has 0 bridgehead atoms. The maximum absolute atomic E-state index is 13.3. The molecule has 30 heavy (non-hydrogen) atoms. The smallest absolute Gasteiger partial charge is 0.262 e. The van der Waals surface area contributed by atoms with Gasteiger partial charge in [0.1, 0.15) is 0 Å². The molecule has 6 nitrogen and oxygen atoms in total. The number of sulfonamides is 1. The molecular weight excluding hydrogens is 400 g/mol. The second-order valence-corrected chi connectivity index (χ2v) is 9.83. The van der Waals surface area contributed by atoms with Gasteiger partial charge >= 0.3 is 0 Å². The van der Waals surface area contributed by atoms with E-state index in [1.165, 1.54) is 0 Å². The number of benzene rings is 2. The minimum atomic E-state index is -3.87. The molecule has 2 atom stereocenters. The topological polar surface area (TPSA) is 75.7 Å². The first kappa shape index (κ1) is 22.3. The number of ether oxygens (including phenoxy) is 1. The average Bonchev–Trinajstić information content (AvgIpc) is 2.65. The van der Waals surface area contributed by atoms with Crippen molar-refractivity contribution in [3.63, 3.8) is 0 Å². The lowest BCUT2D eigenvalue weighted by molar-refractivity contribution is -0.0585. The summed E-state index contributed by atoms with van der Waals surface area (Å²) in [5.74, 6) is -0.204. The van der Waals surface area contributed by atoms with Crippen LogP contribution in [-0.4, -0.2) is 44.5 Å².